The highest BCUT2D eigenvalue weighted by atomic mass is 16.3. The number of likely N-dealkylation sites (tertiary alicyclic amines) is 1. The Hall–Kier alpha value is -0.120. The molecule has 1 aliphatic rings. The quantitative estimate of drug-likeness (QED) is 0.733. The Labute approximate surface area is 113 Å². The zero-order valence-electron chi connectivity index (χ0n) is 12.7. The number of rotatable bonds is 7. The average molecular weight is 256 g/mol. The molecule has 0 aromatic carbocycles. The van der Waals surface area contributed by atoms with Crippen LogP contribution in [0.25, 0.3) is 0 Å². The summed E-state index contributed by atoms with van der Waals surface area (Å²) in [5.74, 6) is 0.944. The van der Waals surface area contributed by atoms with Gasteiger partial charge in [0.05, 0.1) is 6.61 Å². The molecular weight excluding hydrogens is 224 g/mol. The van der Waals surface area contributed by atoms with Gasteiger partial charge in [-0.15, -0.1) is 0 Å². The van der Waals surface area contributed by atoms with Crippen molar-refractivity contribution in [1.82, 2.24) is 10.2 Å². The van der Waals surface area contributed by atoms with Gasteiger partial charge in [0.25, 0.3) is 0 Å². The summed E-state index contributed by atoms with van der Waals surface area (Å²) in [6.45, 7) is 12.5. The maximum atomic E-state index is 9.56. The maximum Gasteiger partial charge on any atom is 0.0611 e. The first kappa shape index (κ1) is 15.9. The van der Waals surface area contributed by atoms with Crippen LogP contribution in [-0.4, -0.2) is 47.8 Å². The molecule has 1 atom stereocenters. The fraction of sp³-hybridized carbons (Fsp3) is 1.00. The first-order valence-electron chi connectivity index (χ1n) is 7.60. The first-order valence-corrected chi connectivity index (χ1v) is 7.60. The van der Waals surface area contributed by atoms with Crippen LogP contribution in [0.3, 0.4) is 0 Å². The van der Waals surface area contributed by atoms with Crippen molar-refractivity contribution < 1.29 is 5.11 Å². The van der Waals surface area contributed by atoms with Gasteiger partial charge in [-0.1, -0.05) is 27.2 Å². The van der Waals surface area contributed by atoms with Crippen LogP contribution in [0.1, 0.15) is 53.4 Å². The highest BCUT2D eigenvalue weighted by molar-refractivity contribution is 4.85. The minimum atomic E-state index is -0.129. The van der Waals surface area contributed by atoms with Crippen molar-refractivity contribution >= 4 is 0 Å². The number of nitrogens with zero attached hydrogens (tertiary/aromatic N) is 1. The number of aliphatic hydroxyl groups is 1. The van der Waals surface area contributed by atoms with Crippen LogP contribution in [0.15, 0.2) is 0 Å². The number of aliphatic hydroxyl groups excluding tert-OH is 1. The Balaban J connectivity index is 2.30. The Kier molecular flexibility index (Phi) is 6.61. The highest BCUT2D eigenvalue weighted by Crippen LogP contribution is 2.21. The summed E-state index contributed by atoms with van der Waals surface area (Å²) in [7, 11) is 0. The van der Waals surface area contributed by atoms with Gasteiger partial charge in [0.1, 0.15) is 0 Å². The number of piperidine rings is 1. The molecule has 1 saturated heterocycles. The summed E-state index contributed by atoms with van der Waals surface area (Å²) in [6, 6.07) is 0.424. The summed E-state index contributed by atoms with van der Waals surface area (Å²) in [5.41, 5.74) is -0.129. The molecule has 1 fully saturated rings. The molecule has 0 aromatic heterocycles. The van der Waals surface area contributed by atoms with Gasteiger partial charge in [0.15, 0.2) is 0 Å². The second-order valence-corrected chi connectivity index (χ2v) is 6.46. The van der Waals surface area contributed by atoms with E-state index in [1.54, 1.807) is 0 Å². The zero-order valence-corrected chi connectivity index (χ0v) is 12.7. The molecule has 0 aliphatic carbocycles. The molecule has 108 valence electrons. The summed E-state index contributed by atoms with van der Waals surface area (Å²) >= 11 is 0. The second-order valence-electron chi connectivity index (χ2n) is 6.46. The predicted octanol–water partition coefficient (Wildman–Crippen LogP) is 2.25. The third-order valence-electron chi connectivity index (χ3n) is 4.25. The molecule has 0 aromatic rings. The van der Waals surface area contributed by atoms with Gasteiger partial charge in [-0.25, -0.2) is 0 Å². The molecule has 0 bridgehead atoms. The van der Waals surface area contributed by atoms with Crippen molar-refractivity contribution in [2.75, 3.05) is 26.2 Å². The molecule has 0 spiro atoms. The molecule has 0 saturated carbocycles. The van der Waals surface area contributed by atoms with Crippen molar-refractivity contribution in [1.29, 1.82) is 0 Å². The predicted molar refractivity (Wildman–Crippen MR) is 77.8 cm³/mol. The smallest absolute Gasteiger partial charge is 0.0611 e. The van der Waals surface area contributed by atoms with Gasteiger partial charge in [-0.3, -0.25) is 0 Å². The first-order chi connectivity index (χ1) is 8.49. The van der Waals surface area contributed by atoms with E-state index in [1.807, 2.05) is 0 Å². The molecule has 1 heterocycles. The fourth-order valence-corrected chi connectivity index (χ4v) is 2.92. The number of hydrogen-bond donors (Lipinski definition) is 2. The number of nitrogens with one attached hydrogen (secondary N) is 1. The number of hydrogen-bond acceptors (Lipinski definition) is 3. The minimum Gasteiger partial charge on any atom is -0.394 e. The molecule has 1 unspecified atom stereocenters. The molecular formula is C15H32N2O. The Morgan fingerprint density at radius 1 is 1.33 bits per heavy atom. The Bertz CT molecular complexity index is 225. The van der Waals surface area contributed by atoms with Gasteiger partial charge in [-0.2, -0.15) is 0 Å². The zero-order chi connectivity index (χ0) is 13.6. The van der Waals surface area contributed by atoms with Crippen LogP contribution >= 0.6 is 0 Å². The molecule has 2 N–H and O–H groups in total. The van der Waals surface area contributed by atoms with E-state index < -0.39 is 0 Å². The van der Waals surface area contributed by atoms with E-state index in [0.29, 0.717) is 6.04 Å². The van der Waals surface area contributed by atoms with E-state index in [9.17, 15) is 5.11 Å². The van der Waals surface area contributed by atoms with Gasteiger partial charge in [0.2, 0.25) is 0 Å². The SMILES string of the molecule is CCC1CCN(CCC(C)(CO)NC(C)C)CC1. The van der Waals surface area contributed by atoms with Crippen LogP contribution in [0.5, 0.6) is 0 Å². The summed E-state index contributed by atoms with van der Waals surface area (Å²) < 4.78 is 0. The van der Waals surface area contributed by atoms with Crippen molar-refractivity contribution in [3.63, 3.8) is 0 Å². The van der Waals surface area contributed by atoms with Crippen molar-refractivity contribution in [2.45, 2.75) is 65.0 Å². The molecule has 3 heteroatoms. The maximum absolute atomic E-state index is 9.56. The third-order valence-corrected chi connectivity index (χ3v) is 4.25. The minimum absolute atomic E-state index is 0.129. The van der Waals surface area contributed by atoms with E-state index in [1.165, 1.54) is 32.4 Å². The van der Waals surface area contributed by atoms with Crippen molar-refractivity contribution in [3.05, 3.63) is 0 Å². The Morgan fingerprint density at radius 2 is 1.94 bits per heavy atom. The van der Waals surface area contributed by atoms with Crippen molar-refractivity contribution in [3.8, 4) is 0 Å². The van der Waals surface area contributed by atoms with E-state index in [0.717, 1.165) is 18.9 Å². The normalized spacial score (nSPS) is 22.3. The molecule has 18 heavy (non-hydrogen) atoms. The molecule has 1 rings (SSSR count). The largest absolute Gasteiger partial charge is 0.394 e. The van der Waals surface area contributed by atoms with E-state index in [2.05, 4.69) is 37.9 Å². The van der Waals surface area contributed by atoms with Crippen LogP contribution < -0.4 is 5.32 Å². The Morgan fingerprint density at radius 3 is 2.39 bits per heavy atom. The summed E-state index contributed by atoms with van der Waals surface area (Å²) in [6.07, 6.45) is 5.06. The highest BCUT2D eigenvalue weighted by Gasteiger charge is 2.25. The van der Waals surface area contributed by atoms with Crippen molar-refractivity contribution in [2.24, 2.45) is 5.92 Å². The second kappa shape index (κ2) is 7.46. The standard InChI is InChI=1S/C15H32N2O/c1-5-14-6-9-17(10-7-14)11-8-15(4,12-18)16-13(2)3/h13-14,16,18H,5-12H2,1-4H3. The van der Waals surface area contributed by atoms with Gasteiger partial charge >= 0.3 is 0 Å². The van der Waals surface area contributed by atoms with E-state index in [4.69, 9.17) is 0 Å². The van der Waals surface area contributed by atoms with E-state index in [-0.39, 0.29) is 12.1 Å². The van der Waals surface area contributed by atoms with E-state index >= 15 is 0 Å². The van der Waals surface area contributed by atoms with Crippen LogP contribution in [-0.2, 0) is 0 Å². The molecule has 0 amide bonds. The lowest BCUT2D eigenvalue weighted by Crippen LogP contribution is -2.51. The topological polar surface area (TPSA) is 35.5 Å². The molecule has 1 aliphatic heterocycles. The van der Waals surface area contributed by atoms with Gasteiger partial charge < -0.3 is 15.3 Å². The summed E-state index contributed by atoms with van der Waals surface area (Å²) in [5, 5.41) is 13.1. The monoisotopic (exact) mass is 256 g/mol. The van der Waals surface area contributed by atoms with Crippen LogP contribution in [0.2, 0.25) is 0 Å². The van der Waals surface area contributed by atoms with Crippen LogP contribution in [0, 0.1) is 5.92 Å². The average Bonchev–Trinajstić information content (AvgIpc) is 2.36. The molecule has 3 nitrogen and oxygen atoms in total. The van der Waals surface area contributed by atoms with Gasteiger partial charge in [0, 0.05) is 11.6 Å². The lowest BCUT2D eigenvalue weighted by Gasteiger charge is -2.36. The lowest BCUT2D eigenvalue weighted by molar-refractivity contribution is 0.121. The fourth-order valence-electron chi connectivity index (χ4n) is 2.92. The molecule has 0 radical (unpaired) electrons. The summed E-state index contributed by atoms with van der Waals surface area (Å²) in [4.78, 5) is 2.56. The van der Waals surface area contributed by atoms with Crippen LogP contribution in [0.4, 0.5) is 0 Å². The lowest BCUT2D eigenvalue weighted by atomic mass is 9.93. The van der Waals surface area contributed by atoms with Gasteiger partial charge in [-0.05, 0) is 51.7 Å². The third kappa shape index (κ3) is 5.25.